The highest BCUT2D eigenvalue weighted by molar-refractivity contribution is 6.08. The normalized spacial score (nSPS) is 15.6. The number of hydrogen-bond donors (Lipinski definition) is 2. The molecule has 2 rings (SSSR count). The van der Waals surface area contributed by atoms with Gasteiger partial charge < -0.3 is 14.7 Å². The lowest BCUT2D eigenvalue weighted by Gasteiger charge is -2.32. The molecule has 0 spiro atoms. The highest BCUT2D eigenvalue weighted by Gasteiger charge is 2.29. The van der Waals surface area contributed by atoms with Gasteiger partial charge in [0.2, 0.25) is 6.61 Å². The van der Waals surface area contributed by atoms with Crippen LogP contribution in [0.1, 0.15) is 26.3 Å². The summed E-state index contributed by atoms with van der Waals surface area (Å²) in [5.74, 6) is -1.12. The van der Waals surface area contributed by atoms with Crippen molar-refractivity contribution < 1.29 is 24.3 Å². The molecule has 8 heteroatoms. The molecule has 23 heavy (non-hydrogen) atoms. The number of nitrogens with zero attached hydrogens (tertiary/aromatic N) is 2. The Bertz CT molecular complexity index is 636. The fourth-order valence-electron chi connectivity index (χ4n) is 1.92. The largest absolute Gasteiger partial charge is 0.479 e. The fraction of sp³-hybridized carbons (Fsp3) is 0.400. The summed E-state index contributed by atoms with van der Waals surface area (Å²) in [5.41, 5.74) is 4.15. The minimum absolute atomic E-state index is 0.0888. The van der Waals surface area contributed by atoms with Crippen LogP contribution in [0.15, 0.2) is 29.4 Å². The molecular weight excluding hydrogens is 302 g/mol. The van der Waals surface area contributed by atoms with Crippen molar-refractivity contribution in [1.29, 1.82) is 0 Å². The maximum absolute atomic E-state index is 12.2. The number of oxime groups is 1. The van der Waals surface area contributed by atoms with Gasteiger partial charge >= 0.3 is 12.1 Å². The number of rotatable bonds is 3. The van der Waals surface area contributed by atoms with E-state index in [-0.39, 0.29) is 6.54 Å². The topological polar surface area (TPSA) is 100 Å². The number of carbonyl (C=O) groups is 2. The first-order valence-corrected chi connectivity index (χ1v) is 7.03. The fourth-order valence-corrected chi connectivity index (χ4v) is 1.92. The SMILES string of the molecule is CC(C)(C)OC(=O)N1CC(=NOCC(=O)O)c2ccccc2N1. The zero-order valence-electron chi connectivity index (χ0n) is 13.2. The number of fused-ring (bicyclic) bond motifs is 1. The number of hydrogen-bond acceptors (Lipinski definition) is 6. The number of hydrazine groups is 1. The van der Waals surface area contributed by atoms with Crippen LogP contribution in [0.3, 0.4) is 0 Å². The summed E-state index contributed by atoms with van der Waals surface area (Å²) in [6, 6.07) is 7.20. The first-order valence-electron chi connectivity index (χ1n) is 7.03. The van der Waals surface area contributed by atoms with Crippen molar-refractivity contribution in [1.82, 2.24) is 5.01 Å². The number of amides is 1. The van der Waals surface area contributed by atoms with Crippen LogP contribution in [0.4, 0.5) is 10.5 Å². The molecule has 8 nitrogen and oxygen atoms in total. The van der Waals surface area contributed by atoms with Crippen LogP contribution in [0.5, 0.6) is 0 Å². The highest BCUT2D eigenvalue weighted by atomic mass is 16.6. The molecule has 0 aromatic heterocycles. The van der Waals surface area contributed by atoms with E-state index in [4.69, 9.17) is 14.7 Å². The maximum atomic E-state index is 12.2. The number of carboxylic acids is 1. The third-order valence-corrected chi connectivity index (χ3v) is 2.78. The predicted octanol–water partition coefficient (Wildman–Crippen LogP) is 2.07. The maximum Gasteiger partial charge on any atom is 0.429 e. The molecule has 0 saturated carbocycles. The summed E-state index contributed by atoms with van der Waals surface area (Å²) in [7, 11) is 0. The van der Waals surface area contributed by atoms with Crippen LogP contribution in [0, 0.1) is 0 Å². The van der Waals surface area contributed by atoms with Gasteiger partial charge in [-0.25, -0.2) is 14.6 Å². The Balaban J connectivity index is 2.21. The van der Waals surface area contributed by atoms with E-state index in [0.717, 1.165) is 5.56 Å². The molecule has 1 aliphatic rings. The van der Waals surface area contributed by atoms with E-state index in [0.29, 0.717) is 11.4 Å². The number of anilines is 1. The molecular formula is C15H19N3O5. The zero-order valence-corrected chi connectivity index (χ0v) is 13.2. The van der Waals surface area contributed by atoms with Crippen LogP contribution in [-0.2, 0) is 14.4 Å². The van der Waals surface area contributed by atoms with E-state index in [9.17, 15) is 9.59 Å². The molecule has 0 fully saturated rings. The van der Waals surface area contributed by atoms with E-state index in [1.807, 2.05) is 6.07 Å². The molecule has 2 N–H and O–H groups in total. The van der Waals surface area contributed by atoms with Gasteiger partial charge in [-0.05, 0) is 26.8 Å². The van der Waals surface area contributed by atoms with Crippen molar-refractivity contribution in [3.05, 3.63) is 29.8 Å². The number of carbonyl (C=O) groups excluding carboxylic acids is 1. The molecule has 1 aliphatic heterocycles. The lowest BCUT2D eigenvalue weighted by atomic mass is 10.1. The van der Waals surface area contributed by atoms with Gasteiger partial charge in [-0.15, -0.1) is 0 Å². The summed E-state index contributed by atoms with van der Waals surface area (Å²) in [5, 5.41) is 13.7. The van der Waals surface area contributed by atoms with Gasteiger partial charge in [0.05, 0.1) is 12.2 Å². The van der Waals surface area contributed by atoms with Gasteiger partial charge in [-0.1, -0.05) is 23.4 Å². The number of benzene rings is 1. The Morgan fingerprint density at radius 3 is 2.70 bits per heavy atom. The summed E-state index contributed by atoms with van der Waals surface area (Å²) in [6.45, 7) is 4.85. The van der Waals surface area contributed by atoms with Crippen LogP contribution >= 0.6 is 0 Å². The summed E-state index contributed by atoms with van der Waals surface area (Å²) in [6.07, 6.45) is -0.557. The van der Waals surface area contributed by atoms with Crippen LogP contribution in [-0.4, -0.2) is 46.6 Å². The Morgan fingerprint density at radius 1 is 1.35 bits per heavy atom. The molecule has 1 aromatic rings. The summed E-state index contributed by atoms with van der Waals surface area (Å²) in [4.78, 5) is 27.5. The quantitative estimate of drug-likeness (QED) is 0.827. The molecule has 0 saturated heterocycles. The Labute approximate surface area is 133 Å². The second-order valence-electron chi connectivity index (χ2n) is 5.93. The van der Waals surface area contributed by atoms with E-state index in [2.05, 4.69) is 10.6 Å². The molecule has 0 bridgehead atoms. The van der Waals surface area contributed by atoms with Crippen molar-refractivity contribution in [2.24, 2.45) is 5.16 Å². The van der Waals surface area contributed by atoms with Gasteiger partial charge in [0.1, 0.15) is 11.3 Å². The second-order valence-corrected chi connectivity index (χ2v) is 5.93. The van der Waals surface area contributed by atoms with E-state index in [1.54, 1.807) is 39.0 Å². The summed E-state index contributed by atoms with van der Waals surface area (Å²) < 4.78 is 5.32. The van der Waals surface area contributed by atoms with Crippen LogP contribution < -0.4 is 5.43 Å². The second kappa shape index (κ2) is 6.55. The van der Waals surface area contributed by atoms with Crippen molar-refractivity contribution in [3.63, 3.8) is 0 Å². The van der Waals surface area contributed by atoms with Crippen molar-refractivity contribution in [2.75, 3.05) is 18.6 Å². The number of nitrogens with one attached hydrogen (secondary N) is 1. The molecule has 0 radical (unpaired) electrons. The average molecular weight is 321 g/mol. The van der Waals surface area contributed by atoms with E-state index >= 15 is 0 Å². The van der Waals surface area contributed by atoms with E-state index < -0.39 is 24.3 Å². The molecule has 1 amide bonds. The molecule has 0 atom stereocenters. The zero-order chi connectivity index (χ0) is 17.0. The average Bonchev–Trinajstić information content (AvgIpc) is 2.44. The van der Waals surface area contributed by atoms with Gasteiger partial charge in [-0.2, -0.15) is 0 Å². The lowest BCUT2D eigenvalue weighted by Crippen LogP contribution is -2.46. The number of para-hydroxylation sites is 1. The molecule has 0 unspecified atom stereocenters. The van der Waals surface area contributed by atoms with Gasteiger partial charge in [0.15, 0.2) is 0 Å². The number of ether oxygens (including phenoxy) is 1. The van der Waals surface area contributed by atoms with Crippen LogP contribution in [0.25, 0.3) is 0 Å². The van der Waals surface area contributed by atoms with Crippen molar-refractivity contribution >= 4 is 23.5 Å². The first kappa shape index (κ1) is 16.6. The third-order valence-electron chi connectivity index (χ3n) is 2.78. The van der Waals surface area contributed by atoms with E-state index in [1.165, 1.54) is 5.01 Å². The first-order chi connectivity index (χ1) is 10.8. The number of carboxylic acid groups (broad SMARTS) is 1. The predicted molar refractivity (Wildman–Crippen MR) is 83.1 cm³/mol. The molecule has 124 valence electrons. The number of aliphatic carboxylic acids is 1. The molecule has 1 heterocycles. The standard InChI is InChI=1S/C15H19N3O5/c1-15(2,3)23-14(21)18-8-12(17-22-9-13(19)20)10-6-4-5-7-11(10)16-18/h4-7,16H,8-9H2,1-3H3,(H,19,20). The Morgan fingerprint density at radius 2 is 2.04 bits per heavy atom. The van der Waals surface area contributed by atoms with Gasteiger partial charge in [0.25, 0.3) is 0 Å². The third kappa shape index (κ3) is 4.60. The van der Waals surface area contributed by atoms with Gasteiger partial charge in [-0.3, -0.25) is 5.43 Å². The smallest absolute Gasteiger partial charge is 0.429 e. The van der Waals surface area contributed by atoms with Crippen molar-refractivity contribution in [2.45, 2.75) is 26.4 Å². The Hall–Kier alpha value is -2.77. The molecule has 0 aliphatic carbocycles. The minimum Gasteiger partial charge on any atom is -0.479 e. The molecule has 1 aromatic carbocycles. The monoisotopic (exact) mass is 321 g/mol. The highest BCUT2D eigenvalue weighted by Crippen LogP contribution is 2.23. The van der Waals surface area contributed by atoms with Crippen molar-refractivity contribution in [3.8, 4) is 0 Å². The van der Waals surface area contributed by atoms with Crippen LogP contribution in [0.2, 0.25) is 0 Å². The Kier molecular flexibility index (Phi) is 4.73. The minimum atomic E-state index is -1.12. The van der Waals surface area contributed by atoms with Gasteiger partial charge in [0, 0.05) is 5.56 Å². The lowest BCUT2D eigenvalue weighted by molar-refractivity contribution is -0.142. The summed E-state index contributed by atoms with van der Waals surface area (Å²) >= 11 is 0.